The van der Waals surface area contributed by atoms with Gasteiger partial charge in [0.25, 0.3) is 0 Å². The normalized spacial score (nSPS) is 26.9. The molecule has 2 unspecified atom stereocenters. The van der Waals surface area contributed by atoms with Gasteiger partial charge in [-0.3, -0.25) is 4.79 Å². The molecule has 1 amide bonds. The number of likely N-dealkylation sites (tertiary alicyclic amines) is 1. The zero-order valence-electron chi connectivity index (χ0n) is 9.16. The van der Waals surface area contributed by atoms with Crippen LogP contribution in [0.3, 0.4) is 0 Å². The van der Waals surface area contributed by atoms with Crippen LogP contribution in [0.5, 0.6) is 0 Å². The van der Waals surface area contributed by atoms with E-state index in [-0.39, 0.29) is 18.1 Å². The summed E-state index contributed by atoms with van der Waals surface area (Å²) in [6.07, 6.45) is 1.57. The number of amides is 1. The van der Waals surface area contributed by atoms with E-state index in [9.17, 15) is 4.79 Å². The van der Waals surface area contributed by atoms with Crippen molar-refractivity contribution in [2.75, 3.05) is 27.3 Å². The number of methoxy groups -OCH3 is 2. The third kappa shape index (κ3) is 2.45. The highest BCUT2D eigenvalue weighted by atomic mass is 16.5. The minimum Gasteiger partial charge on any atom is -0.377 e. The molecule has 2 atom stereocenters. The summed E-state index contributed by atoms with van der Waals surface area (Å²) in [4.78, 5) is 13.4. The van der Waals surface area contributed by atoms with Crippen molar-refractivity contribution < 1.29 is 14.3 Å². The molecule has 0 aromatic carbocycles. The van der Waals surface area contributed by atoms with Crippen molar-refractivity contribution >= 4 is 5.91 Å². The van der Waals surface area contributed by atoms with Crippen molar-refractivity contribution in [3.8, 4) is 0 Å². The Hall–Kier alpha value is -0.610. The van der Waals surface area contributed by atoms with Gasteiger partial charge in [-0.2, -0.15) is 0 Å². The quantitative estimate of drug-likeness (QED) is 0.670. The van der Waals surface area contributed by atoms with E-state index in [0.717, 1.165) is 6.42 Å². The molecule has 1 saturated heterocycles. The van der Waals surface area contributed by atoms with Gasteiger partial charge in [-0.1, -0.05) is 6.92 Å². The van der Waals surface area contributed by atoms with Gasteiger partial charge in [0, 0.05) is 33.7 Å². The van der Waals surface area contributed by atoms with Crippen LogP contribution in [0.15, 0.2) is 0 Å². The smallest absolute Gasteiger partial charge is 0.222 e. The Balaban J connectivity index is 2.48. The van der Waals surface area contributed by atoms with E-state index < -0.39 is 0 Å². The minimum absolute atomic E-state index is 0.0285. The summed E-state index contributed by atoms with van der Waals surface area (Å²) < 4.78 is 10.5. The number of carbonyl (C=O) groups excluding carboxylic acids is 1. The second kappa shape index (κ2) is 5.32. The third-order valence-corrected chi connectivity index (χ3v) is 2.64. The van der Waals surface area contributed by atoms with Crippen molar-refractivity contribution in [3.63, 3.8) is 0 Å². The summed E-state index contributed by atoms with van der Waals surface area (Å²) in [7, 11) is 3.31. The number of hydrogen-bond donors (Lipinski definition) is 0. The molecular weight excluding hydrogens is 182 g/mol. The van der Waals surface area contributed by atoms with Gasteiger partial charge < -0.3 is 14.4 Å². The van der Waals surface area contributed by atoms with Crippen LogP contribution in [0, 0.1) is 0 Å². The summed E-state index contributed by atoms with van der Waals surface area (Å²) >= 11 is 0. The molecule has 0 radical (unpaired) electrons. The molecule has 0 aliphatic carbocycles. The lowest BCUT2D eigenvalue weighted by Crippen LogP contribution is -2.29. The van der Waals surface area contributed by atoms with Crippen LogP contribution in [0.2, 0.25) is 0 Å². The second-order valence-corrected chi connectivity index (χ2v) is 3.60. The van der Waals surface area contributed by atoms with Crippen LogP contribution < -0.4 is 0 Å². The van der Waals surface area contributed by atoms with E-state index in [2.05, 4.69) is 0 Å². The first-order chi connectivity index (χ1) is 6.72. The van der Waals surface area contributed by atoms with E-state index in [1.54, 1.807) is 14.2 Å². The molecule has 0 bridgehead atoms. The number of ether oxygens (including phenoxy) is 2. The number of hydrogen-bond acceptors (Lipinski definition) is 3. The van der Waals surface area contributed by atoms with E-state index in [1.165, 1.54) is 0 Å². The van der Waals surface area contributed by atoms with Gasteiger partial charge >= 0.3 is 0 Å². The highest BCUT2D eigenvalue weighted by Gasteiger charge is 2.34. The molecule has 1 aliphatic rings. The summed E-state index contributed by atoms with van der Waals surface area (Å²) in [5, 5.41) is 0. The SMILES string of the molecule is CCCC(=O)N1CC(OC)C(OC)C1. The minimum atomic E-state index is 0.0285. The number of rotatable bonds is 4. The number of nitrogens with zero attached hydrogens (tertiary/aromatic N) is 1. The molecule has 1 heterocycles. The summed E-state index contributed by atoms with van der Waals surface area (Å²) in [6, 6.07) is 0. The van der Waals surface area contributed by atoms with Gasteiger partial charge in [-0.25, -0.2) is 0 Å². The van der Waals surface area contributed by atoms with Crippen LogP contribution >= 0.6 is 0 Å². The Morgan fingerprint density at radius 3 is 2.14 bits per heavy atom. The molecule has 4 nitrogen and oxygen atoms in total. The van der Waals surface area contributed by atoms with Gasteiger partial charge in [0.15, 0.2) is 0 Å². The van der Waals surface area contributed by atoms with Gasteiger partial charge in [-0.15, -0.1) is 0 Å². The molecule has 0 spiro atoms. The highest BCUT2D eigenvalue weighted by Crippen LogP contribution is 2.16. The van der Waals surface area contributed by atoms with Gasteiger partial charge in [0.05, 0.1) is 0 Å². The van der Waals surface area contributed by atoms with Gasteiger partial charge in [0.2, 0.25) is 5.91 Å². The predicted octanol–water partition coefficient (Wildman–Crippen LogP) is 0.659. The maximum atomic E-state index is 11.6. The maximum Gasteiger partial charge on any atom is 0.222 e. The van der Waals surface area contributed by atoms with E-state index >= 15 is 0 Å². The second-order valence-electron chi connectivity index (χ2n) is 3.60. The molecule has 0 N–H and O–H groups in total. The lowest BCUT2D eigenvalue weighted by atomic mass is 10.3. The first kappa shape index (κ1) is 11.5. The topological polar surface area (TPSA) is 38.8 Å². The van der Waals surface area contributed by atoms with E-state index in [0.29, 0.717) is 19.5 Å². The van der Waals surface area contributed by atoms with Crippen molar-refractivity contribution in [1.29, 1.82) is 0 Å². The molecule has 1 rings (SSSR count). The van der Waals surface area contributed by atoms with E-state index in [1.807, 2.05) is 11.8 Å². The Morgan fingerprint density at radius 2 is 1.79 bits per heavy atom. The van der Waals surface area contributed by atoms with Crippen LogP contribution in [-0.4, -0.2) is 50.3 Å². The van der Waals surface area contributed by atoms with Crippen LogP contribution in [0.4, 0.5) is 0 Å². The van der Waals surface area contributed by atoms with E-state index in [4.69, 9.17) is 9.47 Å². The van der Waals surface area contributed by atoms with Crippen LogP contribution in [0.25, 0.3) is 0 Å². The Morgan fingerprint density at radius 1 is 1.29 bits per heavy atom. The molecule has 1 aliphatic heterocycles. The zero-order chi connectivity index (χ0) is 10.6. The standard InChI is InChI=1S/C10H19NO3/c1-4-5-10(12)11-6-8(13-2)9(7-11)14-3/h8-9H,4-7H2,1-3H3. The molecule has 82 valence electrons. The largest absolute Gasteiger partial charge is 0.377 e. The third-order valence-electron chi connectivity index (χ3n) is 2.64. The lowest BCUT2D eigenvalue weighted by Gasteiger charge is -2.14. The van der Waals surface area contributed by atoms with Gasteiger partial charge in [0.1, 0.15) is 12.2 Å². The predicted molar refractivity (Wildman–Crippen MR) is 53.1 cm³/mol. The molecule has 4 heteroatoms. The van der Waals surface area contributed by atoms with Gasteiger partial charge in [-0.05, 0) is 6.42 Å². The van der Waals surface area contributed by atoms with Crippen molar-refractivity contribution in [2.24, 2.45) is 0 Å². The average Bonchev–Trinajstić information content (AvgIpc) is 2.61. The summed E-state index contributed by atoms with van der Waals surface area (Å²) in [5.41, 5.74) is 0. The van der Waals surface area contributed by atoms with Crippen molar-refractivity contribution in [1.82, 2.24) is 4.90 Å². The van der Waals surface area contributed by atoms with Crippen LogP contribution in [-0.2, 0) is 14.3 Å². The molecule has 0 aromatic heterocycles. The highest BCUT2D eigenvalue weighted by molar-refractivity contribution is 5.76. The fourth-order valence-electron chi connectivity index (χ4n) is 1.77. The molecule has 14 heavy (non-hydrogen) atoms. The molecular formula is C10H19NO3. The Kier molecular flexibility index (Phi) is 4.35. The fraction of sp³-hybridized carbons (Fsp3) is 0.900. The summed E-state index contributed by atoms with van der Waals surface area (Å²) in [6.45, 7) is 3.33. The number of carbonyl (C=O) groups is 1. The Labute approximate surface area is 85.2 Å². The maximum absolute atomic E-state index is 11.6. The first-order valence-corrected chi connectivity index (χ1v) is 5.06. The Bertz CT molecular complexity index is 184. The van der Waals surface area contributed by atoms with Crippen molar-refractivity contribution in [3.05, 3.63) is 0 Å². The monoisotopic (exact) mass is 201 g/mol. The lowest BCUT2D eigenvalue weighted by molar-refractivity contribution is -0.130. The van der Waals surface area contributed by atoms with Crippen LogP contribution in [0.1, 0.15) is 19.8 Å². The molecule has 1 fully saturated rings. The molecule has 0 saturated carbocycles. The van der Waals surface area contributed by atoms with Crippen molar-refractivity contribution in [2.45, 2.75) is 32.0 Å². The average molecular weight is 201 g/mol. The summed E-state index contributed by atoms with van der Waals surface area (Å²) in [5.74, 6) is 0.203. The zero-order valence-corrected chi connectivity index (χ0v) is 9.16. The molecule has 0 aromatic rings. The fourth-order valence-corrected chi connectivity index (χ4v) is 1.77. The first-order valence-electron chi connectivity index (χ1n) is 5.06.